The van der Waals surface area contributed by atoms with Crippen LogP contribution in [0.3, 0.4) is 0 Å². The quantitative estimate of drug-likeness (QED) is 0.491. The summed E-state index contributed by atoms with van der Waals surface area (Å²) in [7, 11) is 2.01. The molecule has 0 fully saturated rings. The van der Waals surface area contributed by atoms with Crippen molar-refractivity contribution in [1.82, 2.24) is 4.90 Å². The molecule has 0 radical (unpaired) electrons. The fourth-order valence-corrected chi connectivity index (χ4v) is 0.953. The molecule has 1 unspecified atom stereocenters. The standard InChI is InChI=1S/C9H20N2/c1-5-7-9(10)11(4)8(3)6-2/h8,10H,5-7H2,1-4H3. The first-order valence-electron chi connectivity index (χ1n) is 4.43. The Morgan fingerprint density at radius 1 is 1.45 bits per heavy atom. The average Bonchev–Trinajstić information content (AvgIpc) is 2.02. The van der Waals surface area contributed by atoms with Crippen LogP contribution in [-0.4, -0.2) is 23.8 Å². The van der Waals surface area contributed by atoms with Gasteiger partial charge in [0.25, 0.3) is 0 Å². The van der Waals surface area contributed by atoms with Gasteiger partial charge in [-0.05, 0) is 19.8 Å². The smallest absolute Gasteiger partial charge is 0.0957 e. The van der Waals surface area contributed by atoms with Gasteiger partial charge in [-0.15, -0.1) is 0 Å². The molecule has 1 atom stereocenters. The number of hydrogen-bond acceptors (Lipinski definition) is 1. The molecule has 0 aliphatic rings. The van der Waals surface area contributed by atoms with Crippen molar-refractivity contribution in [2.24, 2.45) is 0 Å². The van der Waals surface area contributed by atoms with Crippen molar-refractivity contribution in [2.75, 3.05) is 7.05 Å². The third-order valence-electron chi connectivity index (χ3n) is 2.16. The maximum absolute atomic E-state index is 7.65. The zero-order valence-corrected chi connectivity index (χ0v) is 8.15. The number of nitrogens with one attached hydrogen (secondary N) is 1. The second-order valence-electron chi connectivity index (χ2n) is 3.06. The Bertz CT molecular complexity index is 121. The predicted octanol–water partition coefficient (Wildman–Crippen LogP) is 2.49. The van der Waals surface area contributed by atoms with Crippen molar-refractivity contribution in [3.05, 3.63) is 0 Å². The van der Waals surface area contributed by atoms with Crippen LogP contribution >= 0.6 is 0 Å². The first kappa shape index (κ1) is 10.5. The van der Waals surface area contributed by atoms with E-state index in [1.54, 1.807) is 0 Å². The Morgan fingerprint density at radius 3 is 2.36 bits per heavy atom. The van der Waals surface area contributed by atoms with Gasteiger partial charge in [0.15, 0.2) is 0 Å². The number of nitrogens with zero attached hydrogens (tertiary/aromatic N) is 1. The van der Waals surface area contributed by atoms with Gasteiger partial charge in [-0.25, -0.2) is 0 Å². The van der Waals surface area contributed by atoms with Crippen molar-refractivity contribution in [3.8, 4) is 0 Å². The lowest BCUT2D eigenvalue weighted by molar-refractivity contribution is 0.371. The van der Waals surface area contributed by atoms with Crippen LogP contribution in [0.25, 0.3) is 0 Å². The van der Waals surface area contributed by atoms with E-state index in [-0.39, 0.29) is 0 Å². The highest BCUT2D eigenvalue weighted by Crippen LogP contribution is 2.03. The Labute approximate surface area is 70.1 Å². The minimum atomic E-state index is 0.508. The second kappa shape index (κ2) is 5.16. The fourth-order valence-electron chi connectivity index (χ4n) is 0.953. The molecule has 0 rings (SSSR count). The number of hydrogen-bond donors (Lipinski definition) is 1. The van der Waals surface area contributed by atoms with E-state index in [0.717, 1.165) is 25.1 Å². The molecule has 1 N–H and O–H groups in total. The maximum Gasteiger partial charge on any atom is 0.0957 e. The Kier molecular flexibility index (Phi) is 4.92. The molecule has 11 heavy (non-hydrogen) atoms. The molecular weight excluding hydrogens is 136 g/mol. The van der Waals surface area contributed by atoms with Gasteiger partial charge in [0.2, 0.25) is 0 Å². The first-order valence-corrected chi connectivity index (χ1v) is 4.43. The highest BCUT2D eigenvalue weighted by Gasteiger charge is 2.08. The van der Waals surface area contributed by atoms with E-state index in [1.165, 1.54) is 0 Å². The van der Waals surface area contributed by atoms with Gasteiger partial charge in [0.1, 0.15) is 0 Å². The highest BCUT2D eigenvalue weighted by molar-refractivity contribution is 5.79. The van der Waals surface area contributed by atoms with Gasteiger partial charge in [-0.2, -0.15) is 0 Å². The van der Waals surface area contributed by atoms with Crippen LogP contribution in [0.15, 0.2) is 0 Å². The summed E-state index contributed by atoms with van der Waals surface area (Å²) in [6, 6.07) is 0.508. The van der Waals surface area contributed by atoms with Crippen LogP contribution in [0.5, 0.6) is 0 Å². The summed E-state index contributed by atoms with van der Waals surface area (Å²) in [4.78, 5) is 2.06. The lowest BCUT2D eigenvalue weighted by Crippen LogP contribution is -2.33. The van der Waals surface area contributed by atoms with Gasteiger partial charge in [-0.1, -0.05) is 13.8 Å². The molecule has 2 heteroatoms. The summed E-state index contributed by atoms with van der Waals surface area (Å²) in [5.41, 5.74) is 0. The zero-order valence-electron chi connectivity index (χ0n) is 8.15. The monoisotopic (exact) mass is 156 g/mol. The Hall–Kier alpha value is -0.530. The van der Waals surface area contributed by atoms with Gasteiger partial charge < -0.3 is 4.90 Å². The maximum atomic E-state index is 7.65. The molecule has 0 bridgehead atoms. The summed E-state index contributed by atoms with van der Waals surface area (Å²) < 4.78 is 0. The van der Waals surface area contributed by atoms with Crippen molar-refractivity contribution in [2.45, 2.75) is 46.1 Å². The van der Waals surface area contributed by atoms with Crippen LogP contribution in [-0.2, 0) is 0 Å². The fraction of sp³-hybridized carbons (Fsp3) is 0.889. The zero-order chi connectivity index (χ0) is 8.85. The molecule has 2 nitrogen and oxygen atoms in total. The third kappa shape index (κ3) is 3.40. The van der Waals surface area contributed by atoms with Gasteiger partial charge >= 0.3 is 0 Å². The molecule has 66 valence electrons. The van der Waals surface area contributed by atoms with E-state index < -0.39 is 0 Å². The van der Waals surface area contributed by atoms with Crippen LogP contribution in [0.2, 0.25) is 0 Å². The topological polar surface area (TPSA) is 27.1 Å². The molecule has 0 spiro atoms. The first-order chi connectivity index (χ1) is 5.13. The normalized spacial score (nSPS) is 12.7. The van der Waals surface area contributed by atoms with Crippen molar-refractivity contribution < 1.29 is 0 Å². The summed E-state index contributed by atoms with van der Waals surface area (Å²) in [5, 5.41) is 7.65. The lowest BCUT2D eigenvalue weighted by Gasteiger charge is -2.26. The van der Waals surface area contributed by atoms with Crippen LogP contribution in [0.4, 0.5) is 0 Å². The van der Waals surface area contributed by atoms with E-state index in [9.17, 15) is 0 Å². The van der Waals surface area contributed by atoms with Crippen LogP contribution in [0, 0.1) is 5.41 Å². The third-order valence-corrected chi connectivity index (χ3v) is 2.16. The summed E-state index contributed by atoms with van der Waals surface area (Å²) in [6.45, 7) is 6.42. The molecular formula is C9H20N2. The average molecular weight is 156 g/mol. The molecule has 0 saturated carbocycles. The Morgan fingerprint density at radius 2 is 2.00 bits per heavy atom. The molecule has 0 aromatic rings. The number of amidine groups is 1. The van der Waals surface area contributed by atoms with E-state index >= 15 is 0 Å². The summed E-state index contributed by atoms with van der Waals surface area (Å²) >= 11 is 0. The van der Waals surface area contributed by atoms with Gasteiger partial charge in [-0.3, -0.25) is 5.41 Å². The molecule has 0 aromatic heterocycles. The van der Waals surface area contributed by atoms with Gasteiger partial charge in [0.05, 0.1) is 5.84 Å². The lowest BCUT2D eigenvalue weighted by atomic mass is 10.2. The molecule has 0 aliphatic heterocycles. The van der Waals surface area contributed by atoms with E-state index in [0.29, 0.717) is 6.04 Å². The molecule has 0 saturated heterocycles. The largest absolute Gasteiger partial charge is 0.361 e. The van der Waals surface area contributed by atoms with E-state index in [2.05, 4.69) is 25.7 Å². The summed E-state index contributed by atoms with van der Waals surface area (Å²) in [5.74, 6) is 0.766. The molecule has 0 aromatic carbocycles. The minimum Gasteiger partial charge on any atom is -0.361 e. The number of rotatable bonds is 4. The SMILES string of the molecule is CCCC(=N)N(C)C(C)CC. The highest BCUT2D eigenvalue weighted by atomic mass is 15.2. The van der Waals surface area contributed by atoms with Crippen molar-refractivity contribution >= 4 is 5.84 Å². The van der Waals surface area contributed by atoms with Gasteiger partial charge in [0, 0.05) is 19.5 Å². The van der Waals surface area contributed by atoms with E-state index in [4.69, 9.17) is 5.41 Å². The second-order valence-corrected chi connectivity index (χ2v) is 3.06. The Balaban J connectivity index is 3.80. The molecule has 0 aliphatic carbocycles. The van der Waals surface area contributed by atoms with Crippen LogP contribution in [0.1, 0.15) is 40.0 Å². The minimum absolute atomic E-state index is 0.508. The van der Waals surface area contributed by atoms with E-state index in [1.807, 2.05) is 7.05 Å². The van der Waals surface area contributed by atoms with Crippen LogP contribution < -0.4 is 0 Å². The summed E-state index contributed by atoms with van der Waals surface area (Å²) in [6.07, 6.45) is 3.09. The van der Waals surface area contributed by atoms with Crippen molar-refractivity contribution in [3.63, 3.8) is 0 Å². The van der Waals surface area contributed by atoms with Crippen molar-refractivity contribution in [1.29, 1.82) is 5.41 Å². The predicted molar refractivity (Wildman–Crippen MR) is 50.2 cm³/mol. The molecule has 0 heterocycles. The molecule has 0 amide bonds.